The molecule has 1 aliphatic heterocycles. The second-order valence-electron chi connectivity index (χ2n) is 12.6. The van der Waals surface area contributed by atoms with Crippen LogP contribution in [0.1, 0.15) is 51.4 Å². The summed E-state index contributed by atoms with van der Waals surface area (Å²) in [7, 11) is 1.70. The number of hydrogen-bond acceptors (Lipinski definition) is 5. The lowest BCUT2D eigenvalue weighted by Crippen LogP contribution is -2.29. The van der Waals surface area contributed by atoms with Gasteiger partial charge in [0, 0.05) is 48.6 Å². The third kappa shape index (κ3) is 5.80. The maximum atomic E-state index is 13.9. The zero-order valence-corrected chi connectivity index (χ0v) is 27.6. The van der Waals surface area contributed by atoms with Gasteiger partial charge in [0.1, 0.15) is 0 Å². The highest BCUT2D eigenvalue weighted by Gasteiger charge is 2.25. The van der Waals surface area contributed by atoms with Crippen LogP contribution in [0.3, 0.4) is 0 Å². The molecule has 6 rings (SSSR count). The number of piperidine rings is 1. The lowest BCUT2D eigenvalue weighted by molar-refractivity contribution is 0.0827. The molecule has 3 aromatic carbocycles. The van der Waals surface area contributed by atoms with Crippen LogP contribution in [-0.2, 0) is 10.0 Å². The number of aromatic nitrogens is 2. The van der Waals surface area contributed by atoms with E-state index in [0.717, 1.165) is 59.1 Å². The Bertz CT molecular complexity index is 1980. The Morgan fingerprint density at radius 2 is 1.47 bits per heavy atom. The zero-order chi connectivity index (χ0) is 32.0. The highest BCUT2D eigenvalue weighted by Crippen LogP contribution is 2.38. The van der Waals surface area contributed by atoms with Crippen LogP contribution in [0, 0.1) is 20.8 Å². The van der Waals surface area contributed by atoms with Gasteiger partial charge in [0.15, 0.2) is 5.65 Å². The molecular weight excluding hydrogens is 580 g/mol. The highest BCUT2D eigenvalue weighted by molar-refractivity contribution is 7.90. The summed E-state index contributed by atoms with van der Waals surface area (Å²) < 4.78 is 29.2. The summed E-state index contributed by atoms with van der Waals surface area (Å²) in [6.07, 6.45) is 5.75. The van der Waals surface area contributed by atoms with Crippen LogP contribution in [0.5, 0.6) is 0 Å². The molecule has 1 saturated heterocycles. The average Bonchev–Trinajstić information content (AvgIpc) is 3.41. The molecule has 0 radical (unpaired) electrons. The van der Waals surface area contributed by atoms with E-state index in [4.69, 9.17) is 4.98 Å². The van der Waals surface area contributed by atoms with Crippen molar-refractivity contribution in [3.63, 3.8) is 0 Å². The van der Waals surface area contributed by atoms with Gasteiger partial charge < -0.3 is 9.80 Å². The molecule has 0 aliphatic carbocycles. The van der Waals surface area contributed by atoms with Gasteiger partial charge in [0.25, 0.3) is 15.9 Å². The molecule has 0 saturated carbocycles. The quantitative estimate of drug-likeness (QED) is 0.204. The number of rotatable bonds is 6. The molecule has 45 heavy (non-hydrogen) atoms. The molecule has 2 aromatic heterocycles. The van der Waals surface area contributed by atoms with Gasteiger partial charge in [0.05, 0.1) is 4.90 Å². The van der Waals surface area contributed by atoms with Gasteiger partial charge in [-0.3, -0.25) is 4.79 Å². The van der Waals surface area contributed by atoms with Gasteiger partial charge in [-0.1, -0.05) is 42.0 Å². The lowest BCUT2D eigenvalue weighted by atomic mass is 9.83. The molecule has 1 fully saturated rings. The number of carbonyl (C=O) groups is 1. The molecule has 1 amide bonds. The Morgan fingerprint density at radius 1 is 0.844 bits per heavy atom. The van der Waals surface area contributed by atoms with E-state index in [1.54, 1.807) is 62.9 Å². The number of pyridine rings is 1. The van der Waals surface area contributed by atoms with Crippen LogP contribution in [0.4, 0.5) is 0 Å². The molecule has 5 aromatic rings. The topological polar surface area (TPSA) is 75.5 Å². The molecular formula is C37H40N4O3S. The number of likely N-dealkylation sites (tertiary alicyclic amines) is 1. The number of amides is 1. The second kappa shape index (κ2) is 11.9. The molecule has 232 valence electrons. The summed E-state index contributed by atoms with van der Waals surface area (Å²) in [6, 6.07) is 20.7. The largest absolute Gasteiger partial charge is 0.345 e. The van der Waals surface area contributed by atoms with Crippen LogP contribution in [0.25, 0.3) is 33.3 Å². The van der Waals surface area contributed by atoms with Gasteiger partial charge in [-0.25, -0.2) is 17.4 Å². The fourth-order valence-corrected chi connectivity index (χ4v) is 7.93. The van der Waals surface area contributed by atoms with Crippen molar-refractivity contribution in [2.24, 2.45) is 0 Å². The Balaban J connectivity index is 1.48. The van der Waals surface area contributed by atoms with Crippen molar-refractivity contribution in [2.75, 3.05) is 34.2 Å². The summed E-state index contributed by atoms with van der Waals surface area (Å²) in [5.74, 6) is 0.468. The number of fused-ring (bicyclic) bond motifs is 1. The van der Waals surface area contributed by atoms with E-state index in [-0.39, 0.29) is 10.8 Å². The lowest BCUT2D eigenvalue weighted by Gasteiger charge is -2.31. The predicted molar refractivity (Wildman–Crippen MR) is 181 cm³/mol. The standard InChI is InChI=1S/C37H40N4O3S/c1-24-7-13-32(14-8-24)45(43,44)41-23-34(27-9-11-29(12-10-27)37(42)39(4)5)33-21-31(22-38-36(33)41)30-19-25(2)35(26(3)20-30)28-15-17-40(6)18-16-28/h7-14,19-23,28H,15-18H2,1-6H3. The van der Waals surface area contributed by atoms with Crippen molar-refractivity contribution >= 4 is 27.0 Å². The normalized spacial score (nSPS) is 14.6. The first-order chi connectivity index (χ1) is 21.4. The van der Waals surface area contributed by atoms with E-state index in [2.05, 4.69) is 37.9 Å². The minimum Gasteiger partial charge on any atom is -0.345 e. The Kier molecular flexibility index (Phi) is 8.14. The Labute approximate surface area is 266 Å². The number of nitrogens with zero attached hydrogens (tertiary/aromatic N) is 4. The van der Waals surface area contributed by atoms with E-state index in [9.17, 15) is 13.2 Å². The Hall–Kier alpha value is -4.27. The van der Waals surface area contributed by atoms with E-state index >= 15 is 0 Å². The predicted octanol–water partition coefficient (Wildman–Crippen LogP) is 7.04. The first-order valence-electron chi connectivity index (χ1n) is 15.4. The average molecular weight is 621 g/mol. The van der Waals surface area contributed by atoms with Crippen LogP contribution < -0.4 is 0 Å². The maximum Gasteiger partial charge on any atom is 0.269 e. The van der Waals surface area contributed by atoms with Crippen molar-refractivity contribution in [3.05, 3.63) is 107 Å². The van der Waals surface area contributed by atoms with Crippen LogP contribution in [0.15, 0.2) is 84.0 Å². The van der Waals surface area contributed by atoms with Gasteiger partial charge in [0.2, 0.25) is 0 Å². The van der Waals surface area contributed by atoms with Crippen molar-refractivity contribution < 1.29 is 13.2 Å². The molecule has 8 heteroatoms. The van der Waals surface area contributed by atoms with E-state index < -0.39 is 10.0 Å². The molecule has 0 spiro atoms. The van der Waals surface area contributed by atoms with Crippen molar-refractivity contribution in [2.45, 2.75) is 44.4 Å². The van der Waals surface area contributed by atoms with E-state index in [0.29, 0.717) is 17.1 Å². The summed E-state index contributed by atoms with van der Waals surface area (Å²) >= 11 is 0. The Morgan fingerprint density at radius 3 is 2.07 bits per heavy atom. The van der Waals surface area contributed by atoms with Gasteiger partial charge in [-0.15, -0.1) is 0 Å². The van der Waals surface area contributed by atoms with Crippen molar-refractivity contribution in [1.29, 1.82) is 0 Å². The molecule has 1 aliphatic rings. The van der Waals surface area contributed by atoms with Crippen molar-refractivity contribution in [1.82, 2.24) is 18.8 Å². The molecule has 7 nitrogen and oxygen atoms in total. The number of hydrogen-bond donors (Lipinski definition) is 0. The molecule has 0 N–H and O–H groups in total. The fraction of sp³-hybridized carbons (Fsp3) is 0.297. The van der Waals surface area contributed by atoms with Crippen LogP contribution >= 0.6 is 0 Å². The summed E-state index contributed by atoms with van der Waals surface area (Å²) in [6.45, 7) is 8.55. The summed E-state index contributed by atoms with van der Waals surface area (Å²) in [4.78, 5) is 21.5. The minimum absolute atomic E-state index is 0.0932. The number of aryl methyl sites for hydroxylation is 3. The van der Waals surface area contributed by atoms with Crippen LogP contribution in [0.2, 0.25) is 0 Å². The van der Waals surface area contributed by atoms with E-state index in [1.807, 2.05) is 25.1 Å². The smallest absolute Gasteiger partial charge is 0.269 e. The van der Waals surface area contributed by atoms with E-state index in [1.165, 1.54) is 25.6 Å². The first kappa shape index (κ1) is 30.7. The molecule has 0 unspecified atom stereocenters. The monoisotopic (exact) mass is 620 g/mol. The SMILES string of the molecule is Cc1ccc(S(=O)(=O)n2cc(-c3ccc(C(=O)N(C)C)cc3)c3cc(-c4cc(C)c(C5CCN(C)CC5)c(C)c4)cnc32)cc1. The molecule has 3 heterocycles. The van der Waals surface area contributed by atoms with Crippen LogP contribution in [-0.4, -0.2) is 67.3 Å². The third-order valence-electron chi connectivity index (χ3n) is 9.09. The highest BCUT2D eigenvalue weighted by atomic mass is 32.2. The number of carbonyl (C=O) groups excluding carboxylic acids is 1. The summed E-state index contributed by atoms with van der Waals surface area (Å²) in [5, 5.41) is 0.726. The second-order valence-corrected chi connectivity index (χ2v) is 14.4. The molecule has 0 atom stereocenters. The maximum absolute atomic E-state index is 13.9. The number of benzene rings is 3. The van der Waals surface area contributed by atoms with Gasteiger partial charge in [-0.05, 0) is 118 Å². The first-order valence-corrected chi connectivity index (χ1v) is 16.8. The minimum atomic E-state index is -3.93. The molecule has 0 bridgehead atoms. The van der Waals surface area contributed by atoms with Gasteiger partial charge >= 0.3 is 0 Å². The van der Waals surface area contributed by atoms with Crippen molar-refractivity contribution in [3.8, 4) is 22.3 Å². The van der Waals surface area contributed by atoms with Gasteiger partial charge in [-0.2, -0.15) is 0 Å². The zero-order valence-electron chi connectivity index (χ0n) is 26.8. The third-order valence-corrected chi connectivity index (χ3v) is 10.8. The fourth-order valence-electron chi connectivity index (χ4n) is 6.61. The summed E-state index contributed by atoms with van der Waals surface area (Å²) in [5.41, 5.74) is 9.43.